The average Bonchev–Trinajstić information content (AvgIpc) is 3.56. The fourth-order valence-corrected chi connectivity index (χ4v) is 10.3. The molecule has 41 heavy (non-hydrogen) atoms. The molecule has 202 valence electrons. The summed E-state index contributed by atoms with van der Waals surface area (Å²) in [5, 5.41) is 0. The van der Waals surface area contributed by atoms with Gasteiger partial charge in [0.05, 0.1) is 5.41 Å². The van der Waals surface area contributed by atoms with Crippen LogP contribution in [0.25, 0.3) is 27.8 Å². The smallest absolute Gasteiger partial charge is 0.0725 e. The predicted octanol–water partition coefficient (Wildman–Crippen LogP) is 11.0. The molecule has 4 aliphatic rings. The van der Waals surface area contributed by atoms with Gasteiger partial charge in [-0.1, -0.05) is 123 Å². The minimum Gasteiger partial charge on any atom is -0.119 e. The van der Waals surface area contributed by atoms with E-state index in [0.29, 0.717) is 0 Å². The Bertz CT molecular complexity index is 1770. The van der Waals surface area contributed by atoms with E-state index in [1.165, 1.54) is 86.2 Å². The van der Waals surface area contributed by atoms with Crippen molar-refractivity contribution in [3.05, 3.63) is 148 Å². The minimum absolute atomic E-state index is 0.179. The fourth-order valence-electron chi connectivity index (χ4n) is 8.63. The molecule has 1 spiro atoms. The Hall–Kier alpha value is -3.55. The number of hydrogen-bond acceptors (Lipinski definition) is 1. The van der Waals surface area contributed by atoms with Crippen LogP contribution in [0.1, 0.15) is 74.3 Å². The third-order valence-electron chi connectivity index (χ3n) is 10.9. The normalized spacial score (nSPS) is 26.5. The maximum absolute atomic E-state index is 4.71. The first-order chi connectivity index (χ1) is 19.9. The van der Waals surface area contributed by atoms with Gasteiger partial charge in [-0.15, -0.1) is 11.8 Å². The summed E-state index contributed by atoms with van der Waals surface area (Å²) in [6, 6.07) is 34.3. The molecule has 0 amide bonds. The van der Waals surface area contributed by atoms with Crippen LogP contribution in [0.15, 0.2) is 120 Å². The summed E-state index contributed by atoms with van der Waals surface area (Å²) in [5.41, 5.74) is 14.6. The first-order valence-corrected chi connectivity index (χ1v) is 15.9. The largest absolute Gasteiger partial charge is 0.119 e. The van der Waals surface area contributed by atoms with Crippen LogP contribution in [0.3, 0.4) is 0 Å². The second kappa shape index (κ2) is 8.73. The van der Waals surface area contributed by atoms with Crippen molar-refractivity contribution in [1.82, 2.24) is 0 Å². The first kappa shape index (κ1) is 25.2. The second-order valence-electron chi connectivity index (χ2n) is 12.8. The van der Waals surface area contributed by atoms with E-state index in [2.05, 4.69) is 136 Å². The van der Waals surface area contributed by atoms with Gasteiger partial charge in [0, 0.05) is 15.1 Å². The minimum atomic E-state index is -0.311. The van der Waals surface area contributed by atoms with E-state index in [0.717, 1.165) is 5.57 Å². The molecule has 0 radical (unpaired) electrons. The van der Waals surface area contributed by atoms with E-state index in [9.17, 15) is 0 Å². The molecule has 1 heterocycles. The average molecular weight is 549 g/mol. The molecule has 2 unspecified atom stereocenters. The molecule has 4 aromatic rings. The Balaban J connectivity index is 1.34. The van der Waals surface area contributed by atoms with Crippen LogP contribution in [0, 0.1) is 5.41 Å². The zero-order chi connectivity index (χ0) is 28.0. The van der Waals surface area contributed by atoms with E-state index >= 15 is 0 Å². The fraction of sp³-hybridized carbons (Fsp3) is 0.250. The molecule has 1 heteroatoms. The Kier molecular flexibility index (Phi) is 5.36. The second-order valence-corrected chi connectivity index (χ2v) is 14.3. The number of fused-ring (bicyclic) bond motifs is 11. The van der Waals surface area contributed by atoms with Crippen LogP contribution in [0.5, 0.6) is 0 Å². The van der Waals surface area contributed by atoms with Gasteiger partial charge in [-0.05, 0) is 94.0 Å². The number of hydrogen-bond donors (Lipinski definition) is 0. The van der Waals surface area contributed by atoms with Crippen molar-refractivity contribution < 1.29 is 0 Å². The van der Waals surface area contributed by atoms with E-state index in [4.69, 9.17) is 6.58 Å². The maximum atomic E-state index is 4.71. The first-order valence-electron chi connectivity index (χ1n) is 15.1. The predicted molar refractivity (Wildman–Crippen MR) is 176 cm³/mol. The summed E-state index contributed by atoms with van der Waals surface area (Å²) in [4.78, 5) is 1.45. The Morgan fingerprint density at radius 2 is 1.24 bits per heavy atom. The lowest BCUT2D eigenvalue weighted by Gasteiger charge is -2.44. The molecule has 1 aliphatic heterocycles. The highest BCUT2D eigenvalue weighted by atomic mass is 32.2. The lowest BCUT2D eigenvalue weighted by molar-refractivity contribution is 0.218. The van der Waals surface area contributed by atoms with Gasteiger partial charge in [0.25, 0.3) is 0 Å². The SMILES string of the molecule is C=C(C=C1/C(=C\C)SC2(C)CCCCC12C)c1ccc2c(c1)C1(c3ccccc3-c3ccccc31)c1ccccc1-2. The van der Waals surface area contributed by atoms with Gasteiger partial charge in [-0.2, -0.15) is 0 Å². The summed E-state index contributed by atoms with van der Waals surface area (Å²) < 4.78 is 0.264. The summed E-state index contributed by atoms with van der Waals surface area (Å²) in [5.74, 6) is 0. The Morgan fingerprint density at radius 3 is 1.83 bits per heavy atom. The molecule has 2 atom stereocenters. The molecular formula is C40H36S. The topological polar surface area (TPSA) is 0 Å². The van der Waals surface area contributed by atoms with Gasteiger partial charge < -0.3 is 0 Å². The molecule has 0 N–H and O–H groups in total. The summed E-state index contributed by atoms with van der Waals surface area (Å²) in [7, 11) is 0. The summed E-state index contributed by atoms with van der Waals surface area (Å²) in [6.45, 7) is 11.9. The van der Waals surface area contributed by atoms with Crippen molar-refractivity contribution >= 4 is 17.3 Å². The van der Waals surface area contributed by atoms with Gasteiger partial charge >= 0.3 is 0 Å². The highest BCUT2D eigenvalue weighted by molar-refractivity contribution is 8.05. The third kappa shape index (κ3) is 3.14. The molecule has 3 aliphatic carbocycles. The van der Waals surface area contributed by atoms with Crippen LogP contribution >= 0.6 is 11.8 Å². The van der Waals surface area contributed by atoms with Gasteiger partial charge in [-0.25, -0.2) is 0 Å². The Morgan fingerprint density at radius 1 is 0.707 bits per heavy atom. The number of allylic oxidation sites excluding steroid dienone is 4. The molecule has 4 aromatic carbocycles. The lowest BCUT2D eigenvalue weighted by Crippen LogP contribution is -2.40. The highest BCUT2D eigenvalue weighted by Crippen LogP contribution is 2.67. The summed E-state index contributed by atoms with van der Waals surface area (Å²) >= 11 is 2.10. The zero-order valence-electron chi connectivity index (χ0n) is 24.3. The molecular weight excluding hydrogens is 513 g/mol. The van der Waals surface area contributed by atoms with Crippen LogP contribution in [-0.4, -0.2) is 4.75 Å². The number of rotatable bonds is 2. The van der Waals surface area contributed by atoms with E-state index in [1.54, 1.807) is 0 Å². The van der Waals surface area contributed by atoms with E-state index < -0.39 is 0 Å². The van der Waals surface area contributed by atoms with Crippen molar-refractivity contribution in [3.8, 4) is 22.3 Å². The van der Waals surface area contributed by atoms with Crippen LogP contribution in [-0.2, 0) is 5.41 Å². The molecule has 8 rings (SSSR count). The quantitative estimate of drug-likeness (QED) is 0.207. The van der Waals surface area contributed by atoms with Crippen molar-refractivity contribution in [3.63, 3.8) is 0 Å². The number of thioether (sulfide) groups is 1. The van der Waals surface area contributed by atoms with Crippen LogP contribution < -0.4 is 0 Å². The third-order valence-corrected chi connectivity index (χ3v) is 12.7. The van der Waals surface area contributed by atoms with Crippen molar-refractivity contribution in [2.75, 3.05) is 0 Å². The molecule has 1 saturated heterocycles. The standard InChI is InChI=1S/C40H36S/c1-5-37-36(38(3)22-12-13-23-39(38,4)41-37)24-26(2)27-20-21-31-30-16-8-11-19-34(30)40(35(31)25-27)32-17-9-6-14-28(32)29-15-7-10-18-33(29)40/h5-11,14-21,24-25H,2,12-13,22-23H2,1,3-4H3/b36-24?,37-5+. The molecule has 0 nitrogen and oxygen atoms in total. The zero-order valence-corrected chi connectivity index (χ0v) is 25.1. The van der Waals surface area contributed by atoms with Gasteiger partial charge in [0.2, 0.25) is 0 Å². The Labute approximate surface area is 248 Å². The van der Waals surface area contributed by atoms with Gasteiger partial charge in [0.15, 0.2) is 0 Å². The van der Waals surface area contributed by atoms with Gasteiger partial charge in [-0.3, -0.25) is 0 Å². The van der Waals surface area contributed by atoms with Crippen LogP contribution in [0.2, 0.25) is 0 Å². The van der Waals surface area contributed by atoms with E-state index in [-0.39, 0.29) is 15.6 Å². The lowest BCUT2D eigenvalue weighted by atomic mass is 9.63. The van der Waals surface area contributed by atoms with Gasteiger partial charge in [0.1, 0.15) is 0 Å². The maximum Gasteiger partial charge on any atom is 0.0725 e. The molecule has 0 bridgehead atoms. The van der Waals surface area contributed by atoms with Crippen LogP contribution in [0.4, 0.5) is 0 Å². The monoisotopic (exact) mass is 548 g/mol. The van der Waals surface area contributed by atoms with Crippen molar-refractivity contribution in [2.45, 2.75) is 56.6 Å². The molecule has 1 saturated carbocycles. The highest BCUT2D eigenvalue weighted by Gasteiger charge is 2.55. The van der Waals surface area contributed by atoms with Crippen molar-refractivity contribution in [2.24, 2.45) is 5.41 Å². The van der Waals surface area contributed by atoms with Crippen molar-refractivity contribution in [1.29, 1.82) is 0 Å². The summed E-state index contributed by atoms with van der Waals surface area (Å²) in [6.07, 6.45) is 9.95. The number of benzene rings is 4. The molecule has 2 fully saturated rings. The molecule has 0 aromatic heterocycles. The van der Waals surface area contributed by atoms with E-state index in [1.807, 2.05) is 0 Å².